The third-order valence-corrected chi connectivity index (χ3v) is 2.92. The van der Waals surface area contributed by atoms with Gasteiger partial charge in [0.05, 0.1) is 7.11 Å². The highest BCUT2D eigenvalue weighted by atomic mass is 16.5. The van der Waals surface area contributed by atoms with Crippen LogP contribution in [-0.2, 0) is 4.74 Å². The predicted octanol–water partition coefficient (Wildman–Crippen LogP) is 2.31. The molecule has 0 aromatic carbocycles. The zero-order valence-corrected chi connectivity index (χ0v) is 8.51. The first-order valence-corrected chi connectivity index (χ1v) is 5.12. The molecule has 1 aliphatic rings. The standard InChI is InChI=1S/C10H19NO2/c1-3-8-6-4-5-7-9(8)11-10(12)13-2/h8-9H,3-7H2,1-2H3,(H,11,12). The molecule has 0 aliphatic heterocycles. The molecular weight excluding hydrogens is 166 g/mol. The van der Waals surface area contributed by atoms with E-state index in [2.05, 4.69) is 17.0 Å². The molecule has 0 saturated heterocycles. The number of hydrogen-bond donors (Lipinski definition) is 1. The summed E-state index contributed by atoms with van der Waals surface area (Å²) in [5, 5.41) is 2.91. The summed E-state index contributed by atoms with van der Waals surface area (Å²) >= 11 is 0. The maximum Gasteiger partial charge on any atom is 0.407 e. The Bertz CT molecular complexity index is 170. The summed E-state index contributed by atoms with van der Waals surface area (Å²) < 4.78 is 4.60. The Morgan fingerprint density at radius 3 is 2.77 bits per heavy atom. The van der Waals surface area contributed by atoms with Crippen molar-refractivity contribution < 1.29 is 9.53 Å². The van der Waals surface area contributed by atoms with Gasteiger partial charge in [-0.3, -0.25) is 0 Å². The fraction of sp³-hybridized carbons (Fsp3) is 0.900. The predicted molar refractivity (Wildman–Crippen MR) is 51.6 cm³/mol. The van der Waals surface area contributed by atoms with Gasteiger partial charge in [0.15, 0.2) is 0 Å². The Morgan fingerprint density at radius 2 is 2.15 bits per heavy atom. The number of amides is 1. The topological polar surface area (TPSA) is 38.3 Å². The van der Waals surface area contributed by atoms with Crippen molar-refractivity contribution in [3.8, 4) is 0 Å². The van der Waals surface area contributed by atoms with Crippen LogP contribution in [0.5, 0.6) is 0 Å². The number of ether oxygens (including phenoxy) is 1. The number of rotatable bonds is 2. The van der Waals surface area contributed by atoms with Crippen LogP contribution in [0.25, 0.3) is 0 Å². The first kappa shape index (κ1) is 10.4. The van der Waals surface area contributed by atoms with Gasteiger partial charge < -0.3 is 10.1 Å². The first-order chi connectivity index (χ1) is 6.27. The van der Waals surface area contributed by atoms with Crippen molar-refractivity contribution >= 4 is 6.09 Å². The number of hydrogen-bond acceptors (Lipinski definition) is 2. The highest BCUT2D eigenvalue weighted by Crippen LogP contribution is 2.26. The number of alkyl carbamates (subject to hydrolysis) is 1. The van der Waals surface area contributed by atoms with E-state index in [9.17, 15) is 4.79 Å². The second-order valence-corrected chi connectivity index (χ2v) is 3.70. The lowest BCUT2D eigenvalue weighted by atomic mass is 9.83. The Balaban J connectivity index is 2.40. The van der Waals surface area contributed by atoms with Crippen LogP contribution < -0.4 is 5.32 Å². The van der Waals surface area contributed by atoms with E-state index >= 15 is 0 Å². The fourth-order valence-electron chi connectivity index (χ4n) is 2.10. The molecule has 76 valence electrons. The molecule has 1 amide bonds. The summed E-state index contributed by atoms with van der Waals surface area (Å²) in [7, 11) is 1.42. The van der Waals surface area contributed by atoms with E-state index in [-0.39, 0.29) is 6.09 Å². The molecule has 13 heavy (non-hydrogen) atoms. The quantitative estimate of drug-likeness (QED) is 0.717. The molecule has 0 bridgehead atoms. The van der Waals surface area contributed by atoms with Gasteiger partial charge in [-0.1, -0.05) is 26.2 Å². The average molecular weight is 185 g/mol. The minimum absolute atomic E-state index is 0.287. The second kappa shape index (κ2) is 5.10. The Kier molecular flexibility index (Phi) is 4.06. The van der Waals surface area contributed by atoms with E-state index in [1.165, 1.54) is 26.4 Å². The van der Waals surface area contributed by atoms with Crippen molar-refractivity contribution in [3.05, 3.63) is 0 Å². The lowest BCUT2D eigenvalue weighted by Gasteiger charge is -2.30. The van der Waals surface area contributed by atoms with Gasteiger partial charge in [-0.05, 0) is 18.8 Å². The van der Waals surface area contributed by atoms with E-state index in [0.717, 1.165) is 12.8 Å². The van der Waals surface area contributed by atoms with Crippen LogP contribution in [0.1, 0.15) is 39.0 Å². The van der Waals surface area contributed by atoms with E-state index in [4.69, 9.17) is 0 Å². The molecular formula is C10H19NO2. The number of carbonyl (C=O) groups excluding carboxylic acids is 1. The van der Waals surface area contributed by atoms with E-state index < -0.39 is 0 Å². The van der Waals surface area contributed by atoms with Crippen molar-refractivity contribution in [2.75, 3.05) is 7.11 Å². The maximum absolute atomic E-state index is 11.0. The third kappa shape index (κ3) is 2.90. The van der Waals surface area contributed by atoms with Crippen LogP contribution in [0, 0.1) is 5.92 Å². The Hall–Kier alpha value is -0.730. The van der Waals surface area contributed by atoms with Crippen molar-refractivity contribution in [2.24, 2.45) is 5.92 Å². The molecule has 0 aromatic rings. The summed E-state index contributed by atoms with van der Waals surface area (Å²) in [5.74, 6) is 0.646. The molecule has 3 heteroatoms. The van der Waals surface area contributed by atoms with Crippen molar-refractivity contribution in [2.45, 2.75) is 45.1 Å². The third-order valence-electron chi connectivity index (χ3n) is 2.92. The summed E-state index contributed by atoms with van der Waals surface area (Å²) in [4.78, 5) is 11.0. The van der Waals surface area contributed by atoms with E-state index in [1.54, 1.807) is 0 Å². The molecule has 1 saturated carbocycles. The van der Waals surface area contributed by atoms with E-state index in [0.29, 0.717) is 12.0 Å². The zero-order chi connectivity index (χ0) is 9.68. The molecule has 0 spiro atoms. The number of methoxy groups -OCH3 is 1. The lowest BCUT2D eigenvalue weighted by Crippen LogP contribution is -2.41. The smallest absolute Gasteiger partial charge is 0.407 e. The summed E-state index contributed by atoms with van der Waals surface area (Å²) in [6.45, 7) is 2.18. The summed E-state index contributed by atoms with van der Waals surface area (Å²) in [6, 6.07) is 0.339. The molecule has 0 heterocycles. The van der Waals surface area contributed by atoms with Gasteiger partial charge in [-0.2, -0.15) is 0 Å². The SMILES string of the molecule is CCC1CCCCC1NC(=O)OC. The van der Waals surface area contributed by atoms with Crippen LogP contribution in [0.3, 0.4) is 0 Å². The largest absolute Gasteiger partial charge is 0.453 e. The van der Waals surface area contributed by atoms with Gasteiger partial charge in [0, 0.05) is 6.04 Å². The highest BCUT2D eigenvalue weighted by molar-refractivity contribution is 5.67. The minimum Gasteiger partial charge on any atom is -0.453 e. The van der Waals surface area contributed by atoms with Gasteiger partial charge in [0.25, 0.3) is 0 Å². The Labute approximate surface area is 79.8 Å². The zero-order valence-electron chi connectivity index (χ0n) is 8.51. The van der Waals surface area contributed by atoms with Crippen LogP contribution in [0.15, 0.2) is 0 Å². The molecule has 0 radical (unpaired) electrons. The minimum atomic E-state index is -0.287. The van der Waals surface area contributed by atoms with Gasteiger partial charge >= 0.3 is 6.09 Å². The van der Waals surface area contributed by atoms with Crippen LogP contribution in [0.4, 0.5) is 4.79 Å². The fourth-order valence-corrected chi connectivity index (χ4v) is 2.10. The lowest BCUT2D eigenvalue weighted by molar-refractivity contribution is 0.154. The molecule has 0 aromatic heterocycles. The molecule has 1 N–H and O–H groups in total. The van der Waals surface area contributed by atoms with Crippen molar-refractivity contribution in [1.82, 2.24) is 5.32 Å². The second-order valence-electron chi connectivity index (χ2n) is 3.70. The number of carbonyl (C=O) groups is 1. The molecule has 1 rings (SSSR count). The van der Waals surface area contributed by atoms with Gasteiger partial charge in [-0.15, -0.1) is 0 Å². The Morgan fingerprint density at radius 1 is 1.46 bits per heavy atom. The van der Waals surface area contributed by atoms with Crippen LogP contribution in [0.2, 0.25) is 0 Å². The van der Waals surface area contributed by atoms with Gasteiger partial charge in [0.1, 0.15) is 0 Å². The van der Waals surface area contributed by atoms with Crippen molar-refractivity contribution in [3.63, 3.8) is 0 Å². The molecule has 1 aliphatic carbocycles. The van der Waals surface area contributed by atoms with Crippen LogP contribution in [-0.4, -0.2) is 19.2 Å². The molecule has 1 fully saturated rings. The monoisotopic (exact) mass is 185 g/mol. The molecule has 2 unspecified atom stereocenters. The average Bonchev–Trinajstić information content (AvgIpc) is 2.18. The normalized spacial score (nSPS) is 28.2. The maximum atomic E-state index is 11.0. The molecule has 2 atom stereocenters. The highest BCUT2D eigenvalue weighted by Gasteiger charge is 2.24. The number of nitrogens with one attached hydrogen (secondary N) is 1. The van der Waals surface area contributed by atoms with Crippen LogP contribution >= 0.6 is 0 Å². The summed E-state index contributed by atoms with van der Waals surface area (Å²) in [5.41, 5.74) is 0. The summed E-state index contributed by atoms with van der Waals surface area (Å²) in [6.07, 6.45) is 5.74. The molecule has 3 nitrogen and oxygen atoms in total. The van der Waals surface area contributed by atoms with Gasteiger partial charge in [0.2, 0.25) is 0 Å². The van der Waals surface area contributed by atoms with Crippen molar-refractivity contribution in [1.29, 1.82) is 0 Å². The van der Waals surface area contributed by atoms with E-state index in [1.807, 2.05) is 0 Å². The first-order valence-electron chi connectivity index (χ1n) is 5.12. The van der Waals surface area contributed by atoms with Gasteiger partial charge in [-0.25, -0.2) is 4.79 Å².